The molecule has 0 saturated carbocycles. The second-order valence-corrected chi connectivity index (χ2v) is 6.90. The van der Waals surface area contributed by atoms with Crippen LogP contribution in [0.2, 0.25) is 0 Å². The topological polar surface area (TPSA) is 50.9 Å². The Balaban J connectivity index is 2.15. The third-order valence-corrected chi connectivity index (χ3v) is 4.50. The van der Waals surface area contributed by atoms with Crippen LogP contribution in [0.3, 0.4) is 0 Å². The molecule has 0 fully saturated rings. The van der Waals surface area contributed by atoms with Gasteiger partial charge in [-0.1, -0.05) is 19.1 Å². The number of nitrogens with zero attached hydrogens (tertiary/aromatic N) is 1. The molecule has 0 aliphatic rings. The van der Waals surface area contributed by atoms with Crippen LogP contribution in [0.15, 0.2) is 34.9 Å². The molecule has 0 aliphatic heterocycles. The molecule has 108 valence electrons. The van der Waals surface area contributed by atoms with Crippen LogP contribution < -0.4 is 11.1 Å². The quantitative estimate of drug-likeness (QED) is 0.741. The first-order valence-electron chi connectivity index (χ1n) is 6.83. The third-order valence-electron chi connectivity index (χ3n) is 3.14. The van der Waals surface area contributed by atoms with E-state index in [9.17, 15) is 0 Å². The molecule has 0 spiro atoms. The van der Waals surface area contributed by atoms with Gasteiger partial charge in [-0.25, -0.2) is 0 Å². The van der Waals surface area contributed by atoms with Crippen LogP contribution >= 0.6 is 27.7 Å². The monoisotopic (exact) mass is 353 g/mol. The van der Waals surface area contributed by atoms with Gasteiger partial charge in [0.15, 0.2) is 0 Å². The molecule has 0 saturated heterocycles. The summed E-state index contributed by atoms with van der Waals surface area (Å²) in [6.07, 6.45) is 2.90. The van der Waals surface area contributed by atoms with Gasteiger partial charge in [0.2, 0.25) is 0 Å². The van der Waals surface area contributed by atoms with Crippen LogP contribution in [-0.2, 0) is 0 Å². The van der Waals surface area contributed by atoms with E-state index in [0.29, 0.717) is 12.6 Å². The lowest BCUT2D eigenvalue weighted by Gasteiger charge is -2.19. The standard InChI is InChI=1S/C15H20BrN3S/c1-2-20-7-6-13(9-17)19-14-5-3-4-11-8-12(16)10-18-15(11)14/h3-5,8,10,13,19H,2,6-7,9,17H2,1H3. The number of hydrogen-bond donors (Lipinski definition) is 2. The Morgan fingerprint density at radius 3 is 3.05 bits per heavy atom. The summed E-state index contributed by atoms with van der Waals surface area (Å²) >= 11 is 5.41. The highest BCUT2D eigenvalue weighted by Gasteiger charge is 2.09. The van der Waals surface area contributed by atoms with Crippen molar-refractivity contribution in [1.29, 1.82) is 0 Å². The van der Waals surface area contributed by atoms with Gasteiger partial charge in [-0.05, 0) is 46.0 Å². The van der Waals surface area contributed by atoms with Gasteiger partial charge >= 0.3 is 0 Å². The Morgan fingerprint density at radius 2 is 2.30 bits per heavy atom. The van der Waals surface area contributed by atoms with Crippen LogP contribution in [0, 0.1) is 0 Å². The van der Waals surface area contributed by atoms with Gasteiger partial charge in [-0.3, -0.25) is 4.98 Å². The van der Waals surface area contributed by atoms with Gasteiger partial charge in [0, 0.05) is 28.6 Å². The number of pyridine rings is 1. The summed E-state index contributed by atoms with van der Waals surface area (Å²) in [5, 5.41) is 4.66. The molecule has 0 aliphatic carbocycles. The molecule has 1 aromatic carbocycles. The first-order chi connectivity index (χ1) is 9.74. The molecule has 1 heterocycles. The maximum Gasteiger partial charge on any atom is 0.0934 e. The van der Waals surface area contributed by atoms with E-state index < -0.39 is 0 Å². The third kappa shape index (κ3) is 4.11. The Labute approximate surface area is 132 Å². The molecule has 1 atom stereocenters. The lowest BCUT2D eigenvalue weighted by Crippen LogP contribution is -2.29. The van der Waals surface area contributed by atoms with Crippen molar-refractivity contribution in [3.05, 3.63) is 34.9 Å². The van der Waals surface area contributed by atoms with Crippen LogP contribution in [0.4, 0.5) is 5.69 Å². The zero-order chi connectivity index (χ0) is 14.4. The number of halogens is 1. The molecule has 2 rings (SSSR count). The number of anilines is 1. The number of para-hydroxylation sites is 1. The van der Waals surface area contributed by atoms with Crippen molar-refractivity contribution < 1.29 is 0 Å². The molecule has 2 aromatic rings. The highest BCUT2D eigenvalue weighted by Crippen LogP contribution is 2.24. The molecular formula is C15H20BrN3S. The highest BCUT2D eigenvalue weighted by molar-refractivity contribution is 9.10. The average Bonchev–Trinajstić information content (AvgIpc) is 2.46. The average molecular weight is 354 g/mol. The van der Waals surface area contributed by atoms with Gasteiger partial charge in [-0.15, -0.1) is 0 Å². The molecule has 0 bridgehead atoms. The molecule has 0 radical (unpaired) electrons. The summed E-state index contributed by atoms with van der Waals surface area (Å²) in [4.78, 5) is 4.51. The second-order valence-electron chi connectivity index (χ2n) is 4.59. The van der Waals surface area contributed by atoms with Crippen molar-refractivity contribution >= 4 is 44.3 Å². The number of rotatable bonds is 7. The van der Waals surface area contributed by atoms with Crippen LogP contribution in [0.5, 0.6) is 0 Å². The van der Waals surface area contributed by atoms with E-state index in [1.165, 1.54) is 0 Å². The van der Waals surface area contributed by atoms with Gasteiger partial charge in [-0.2, -0.15) is 11.8 Å². The number of thioether (sulfide) groups is 1. The van der Waals surface area contributed by atoms with E-state index in [2.05, 4.69) is 51.4 Å². The Morgan fingerprint density at radius 1 is 1.45 bits per heavy atom. The summed E-state index contributed by atoms with van der Waals surface area (Å²) in [7, 11) is 0. The van der Waals surface area contributed by atoms with Gasteiger partial charge in [0.1, 0.15) is 0 Å². The number of nitrogens with one attached hydrogen (secondary N) is 1. The Bertz CT molecular complexity index is 562. The minimum Gasteiger partial charge on any atom is -0.379 e. The second kappa shape index (κ2) is 7.86. The van der Waals surface area contributed by atoms with Crippen LogP contribution in [-0.4, -0.2) is 29.1 Å². The molecule has 5 heteroatoms. The molecule has 0 amide bonds. The Kier molecular flexibility index (Phi) is 6.13. The van der Waals surface area contributed by atoms with Gasteiger partial charge in [0.05, 0.1) is 11.2 Å². The number of nitrogens with two attached hydrogens (primary N) is 1. The first-order valence-corrected chi connectivity index (χ1v) is 8.78. The fourth-order valence-corrected chi connectivity index (χ4v) is 3.18. The van der Waals surface area contributed by atoms with Crippen LogP contribution in [0.1, 0.15) is 13.3 Å². The number of benzene rings is 1. The maximum atomic E-state index is 5.87. The van der Waals surface area contributed by atoms with Crippen molar-refractivity contribution in [2.24, 2.45) is 5.73 Å². The molecule has 1 aromatic heterocycles. The maximum absolute atomic E-state index is 5.87. The van der Waals surface area contributed by atoms with E-state index in [-0.39, 0.29) is 0 Å². The molecule has 3 N–H and O–H groups in total. The van der Waals surface area contributed by atoms with E-state index in [1.54, 1.807) is 0 Å². The number of aromatic nitrogens is 1. The smallest absolute Gasteiger partial charge is 0.0934 e. The number of hydrogen-bond acceptors (Lipinski definition) is 4. The summed E-state index contributed by atoms with van der Waals surface area (Å²) in [6.45, 7) is 2.82. The van der Waals surface area contributed by atoms with E-state index >= 15 is 0 Å². The summed E-state index contributed by atoms with van der Waals surface area (Å²) in [5.41, 5.74) is 7.93. The number of fused-ring (bicyclic) bond motifs is 1. The zero-order valence-electron chi connectivity index (χ0n) is 11.6. The summed E-state index contributed by atoms with van der Waals surface area (Å²) < 4.78 is 0.997. The van der Waals surface area contributed by atoms with Gasteiger partial charge < -0.3 is 11.1 Å². The van der Waals surface area contributed by atoms with Crippen molar-refractivity contribution in [2.75, 3.05) is 23.4 Å². The van der Waals surface area contributed by atoms with E-state index in [4.69, 9.17) is 5.73 Å². The largest absolute Gasteiger partial charge is 0.379 e. The normalized spacial score (nSPS) is 12.6. The fraction of sp³-hybridized carbons (Fsp3) is 0.400. The minimum atomic E-state index is 0.296. The predicted octanol–water partition coefficient (Wildman–Crippen LogP) is 3.88. The van der Waals surface area contributed by atoms with Crippen LogP contribution in [0.25, 0.3) is 10.9 Å². The lowest BCUT2D eigenvalue weighted by molar-refractivity contribution is 0.710. The van der Waals surface area contributed by atoms with E-state index in [1.807, 2.05) is 24.0 Å². The van der Waals surface area contributed by atoms with Gasteiger partial charge in [0.25, 0.3) is 0 Å². The molecule has 3 nitrogen and oxygen atoms in total. The van der Waals surface area contributed by atoms with Crippen molar-refractivity contribution in [3.8, 4) is 0 Å². The first kappa shape index (κ1) is 15.6. The fourth-order valence-electron chi connectivity index (χ4n) is 2.09. The molecule has 1 unspecified atom stereocenters. The van der Waals surface area contributed by atoms with Crippen molar-refractivity contribution in [3.63, 3.8) is 0 Å². The minimum absolute atomic E-state index is 0.296. The summed E-state index contributed by atoms with van der Waals surface area (Å²) in [5.74, 6) is 2.29. The highest BCUT2D eigenvalue weighted by atomic mass is 79.9. The van der Waals surface area contributed by atoms with E-state index in [0.717, 1.165) is 39.0 Å². The lowest BCUT2D eigenvalue weighted by atomic mass is 10.1. The predicted molar refractivity (Wildman–Crippen MR) is 93.5 cm³/mol. The zero-order valence-corrected chi connectivity index (χ0v) is 14.0. The Hall–Kier alpha value is -0.780. The molecule has 20 heavy (non-hydrogen) atoms. The SMILES string of the molecule is CCSCCC(CN)Nc1cccc2cc(Br)cnc12. The summed E-state index contributed by atoms with van der Waals surface area (Å²) in [6, 6.07) is 8.57. The molecular weight excluding hydrogens is 334 g/mol. The van der Waals surface area contributed by atoms with Crippen molar-refractivity contribution in [2.45, 2.75) is 19.4 Å². The van der Waals surface area contributed by atoms with Crippen molar-refractivity contribution in [1.82, 2.24) is 4.98 Å².